The minimum absolute atomic E-state index is 0.0437. The second kappa shape index (κ2) is 52.5. The van der Waals surface area contributed by atoms with E-state index in [9.17, 15) is 19.8 Å². The molecule has 0 aromatic heterocycles. The quantitative estimate of drug-likeness (QED) is 0.0321. The van der Waals surface area contributed by atoms with E-state index < -0.39 is 18.2 Å². The molecule has 6 nitrogen and oxygen atoms in total. The zero-order valence-electron chi connectivity index (χ0n) is 43.1. The maximum Gasteiger partial charge on any atom is 0.306 e. The predicted molar refractivity (Wildman–Crippen MR) is 282 cm³/mol. The monoisotopic (exact) mass is 910 g/mol. The van der Waals surface area contributed by atoms with E-state index in [4.69, 9.17) is 4.74 Å². The maximum atomic E-state index is 13.2. The van der Waals surface area contributed by atoms with Gasteiger partial charge in [-0.05, 0) is 77.0 Å². The molecule has 0 bridgehead atoms. The van der Waals surface area contributed by atoms with Gasteiger partial charge in [-0.2, -0.15) is 0 Å². The Kier molecular flexibility index (Phi) is 50.6. The average molecular weight is 911 g/mol. The number of carbonyl (C=O) groups is 2. The van der Waals surface area contributed by atoms with Gasteiger partial charge in [0.2, 0.25) is 5.91 Å². The third kappa shape index (κ3) is 47.8. The van der Waals surface area contributed by atoms with E-state index in [-0.39, 0.29) is 24.9 Å². The van der Waals surface area contributed by atoms with Crippen molar-refractivity contribution in [1.82, 2.24) is 5.32 Å². The number of rotatable bonds is 50. The fourth-order valence-electron chi connectivity index (χ4n) is 8.36. The van der Waals surface area contributed by atoms with Crippen molar-refractivity contribution in [3.63, 3.8) is 0 Å². The van der Waals surface area contributed by atoms with Crippen LogP contribution in [0.2, 0.25) is 0 Å². The molecular formula is C59H107NO5. The number of nitrogens with one attached hydrogen (secondary N) is 1. The summed E-state index contributed by atoms with van der Waals surface area (Å²) < 4.78 is 5.92. The molecule has 0 rings (SSSR count). The maximum absolute atomic E-state index is 13.2. The Morgan fingerprint density at radius 2 is 0.785 bits per heavy atom. The van der Waals surface area contributed by atoms with Crippen molar-refractivity contribution in [3.05, 3.63) is 60.8 Å². The fourth-order valence-corrected chi connectivity index (χ4v) is 8.36. The van der Waals surface area contributed by atoms with Crippen molar-refractivity contribution in [3.8, 4) is 0 Å². The van der Waals surface area contributed by atoms with E-state index >= 15 is 0 Å². The van der Waals surface area contributed by atoms with E-state index in [0.29, 0.717) is 19.3 Å². The van der Waals surface area contributed by atoms with Gasteiger partial charge in [-0.3, -0.25) is 9.59 Å². The molecule has 0 saturated heterocycles. The Morgan fingerprint density at radius 3 is 1.20 bits per heavy atom. The van der Waals surface area contributed by atoms with Crippen molar-refractivity contribution >= 4 is 11.9 Å². The first-order valence-electron chi connectivity index (χ1n) is 28.1. The third-order valence-corrected chi connectivity index (χ3v) is 12.7. The van der Waals surface area contributed by atoms with Gasteiger partial charge in [-0.25, -0.2) is 0 Å². The van der Waals surface area contributed by atoms with Crippen molar-refractivity contribution in [2.75, 3.05) is 6.61 Å². The summed E-state index contributed by atoms with van der Waals surface area (Å²) in [6, 6.07) is -0.720. The van der Waals surface area contributed by atoms with E-state index in [0.717, 1.165) is 83.5 Å². The number of unbranched alkanes of at least 4 members (excludes halogenated alkanes) is 31. The first kappa shape index (κ1) is 62.6. The largest absolute Gasteiger partial charge is 0.462 e. The molecule has 0 aromatic carbocycles. The molecule has 6 heteroatoms. The van der Waals surface area contributed by atoms with Gasteiger partial charge in [0, 0.05) is 6.42 Å². The molecule has 0 spiro atoms. The van der Waals surface area contributed by atoms with Crippen molar-refractivity contribution < 1.29 is 24.5 Å². The lowest BCUT2D eigenvalue weighted by Gasteiger charge is -2.24. The van der Waals surface area contributed by atoms with Crippen molar-refractivity contribution in [2.24, 2.45) is 0 Å². The minimum Gasteiger partial charge on any atom is -0.462 e. The molecule has 3 N–H and O–H groups in total. The van der Waals surface area contributed by atoms with Crippen LogP contribution in [0.1, 0.15) is 278 Å². The standard InChI is InChI=1S/C59H107NO5/c1-4-7-10-13-16-19-22-25-28-30-32-35-38-41-44-47-50-55(65-59(64)52-49-46-43-40-37-34-31-29-26-23-20-17-14-11-8-5-2)53-58(63)60-56(54-61)57(62)51-48-45-42-39-36-33-27-24-21-18-15-12-9-6-3/h22,25,28-32,34-35,37,55-57,61-62H,4-21,23-24,26-27,33,36,38-54H2,1-3H3,(H,60,63)/b25-22+,30-28+,31-29+,35-32+,37-34+. The summed E-state index contributed by atoms with van der Waals surface area (Å²) in [6.07, 6.45) is 65.7. The molecule has 378 valence electrons. The van der Waals surface area contributed by atoms with Gasteiger partial charge >= 0.3 is 5.97 Å². The molecule has 0 fully saturated rings. The highest BCUT2D eigenvalue weighted by atomic mass is 16.5. The number of esters is 1. The smallest absolute Gasteiger partial charge is 0.306 e. The zero-order chi connectivity index (χ0) is 47.4. The zero-order valence-corrected chi connectivity index (χ0v) is 43.1. The summed E-state index contributed by atoms with van der Waals surface area (Å²) in [5.74, 6) is -0.534. The second-order valence-electron chi connectivity index (χ2n) is 19.1. The van der Waals surface area contributed by atoms with Crippen molar-refractivity contribution in [2.45, 2.75) is 296 Å². The summed E-state index contributed by atoms with van der Waals surface area (Å²) in [5.41, 5.74) is 0. The van der Waals surface area contributed by atoms with Crippen LogP contribution in [0.5, 0.6) is 0 Å². The lowest BCUT2D eigenvalue weighted by molar-refractivity contribution is -0.151. The number of carbonyl (C=O) groups excluding carboxylic acids is 2. The van der Waals surface area contributed by atoms with Crippen LogP contribution in [0.4, 0.5) is 0 Å². The number of aliphatic hydroxyl groups excluding tert-OH is 2. The van der Waals surface area contributed by atoms with E-state index in [1.807, 2.05) is 0 Å². The van der Waals surface area contributed by atoms with E-state index in [2.05, 4.69) is 86.8 Å². The normalized spacial score (nSPS) is 13.6. The van der Waals surface area contributed by atoms with Crippen LogP contribution in [0, 0.1) is 0 Å². The highest BCUT2D eigenvalue weighted by Crippen LogP contribution is 2.17. The predicted octanol–water partition coefficient (Wildman–Crippen LogP) is 17.2. The van der Waals surface area contributed by atoms with Crippen LogP contribution in [-0.4, -0.2) is 46.9 Å². The molecule has 0 radical (unpaired) electrons. The summed E-state index contributed by atoms with van der Waals surface area (Å²) in [6.45, 7) is 6.46. The molecule has 0 saturated carbocycles. The second-order valence-corrected chi connectivity index (χ2v) is 19.1. The summed E-state index contributed by atoms with van der Waals surface area (Å²) >= 11 is 0. The number of aliphatic hydroxyl groups is 2. The number of hydrogen-bond acceptors (Lipinski definition) is 5. The molecule has 65 heavy (non-hydrogen) atoms. The number of amides is 1. The van der Waals surface area contributed by atoms with Crippen LogP contribution >= 0.6 is 0 Å². The molecular weight excluding hydrogens is 803 g/mol. The highest BCUT2D eigenvalue weighted by Gasteiger charge is 2.24. The molecule has 0 aliphatic heterocycles. The topological polar surface area (TPSA) is 95.9 Å². The Hall–Kier alpha value is -2.44. The Balaban J connectivity index is 4.68. The van der Waals surface area contributed by atoms with Gasteiger partial charge in [-0.1, -0.05) is 248 Å². The van der Waals surface area contributed by atoms with Crippen LogP contribution in [-0.2, 0) is 14.3 Å². The first-order valence-corrected chi connectivity index (χ1v) is 28.1. The molecule has 0 aromatic rings. The first-order chi connectivity index (χ1) is 32.0. The number of hydrogen-bond donors (Lipinski definition) is 3. The summed E-state index contributed by atoms with van der Waals surface area (Å²) in [5, 5.41) is 23.8. The average Bonchev–Trinajstić information content (AvgIpc) is 3.30. The number of ether oxygens (including phenoxy) is 1. The van der Waals surface area contributed by atoms with E-state index in [1.165, 1.54) is 148 Å². The Labute approximate surface area is 403 Å². The van der Waals surface area contributed by atoms with Crippen LogP contribution in [0.3, 0.4) is 0 Å². The van der Waals surface area contributed by atoms with Crippen LogP contribution < -0.4 is 5.32 Å². The SMILES string of the molecule is CCCCCCC/C=C/C=C/C=C/CCCCCC(CC(=O)NC(CO)C(O)CCCCCCCCCCCCCCCC)OC(=O)CCCCC/C=C/C=C/CCCCCCCCC. The van der Waals surface area contributed by atoms with Gasteiger partial charge in [-0.15, -0.1) is 0 Å². The fraction of sp³-hybridized carbons (Fsp3) is 0.797. The third-order valence-electron chi connectivity index (χ3n) is 12.7. The lowest BCUT2D eigenvalue weighted by atomic mass is 10.0. The molecule has 0 aliphatic rings. The number of allylic oxidation sites excluding steroid dienone is 10. The van der Waals surface area contributed by atoms with Crippen LogP contribution in [0.25, 0.3) is 0 Å². The Bertz CT molecular complexity index is 1160. The van der Waals surface area contributed by atoms with Crippen LogP contribution in [0.15, 0.2) is 60.8 Å². The van der Waals surface area contributed by atoms with Gasteiger partial charge in [0.15, 0.2) is 0 Å². The minimum atomic E-state index is -0.803. The molecule has 0 heterocycles. The molecule has 3 atom stereocenters. The lowest BCUT2D eigenvalue weighted by Crippen LogP contribution is -2.46. The molecule has 1 amide bonds. The molecule has 3 unspecified atom stereocenters. The van der Waals surface area contributed by atoms with E-state index in [1.54, 1.807) is 0 Å². The summed E-state index contributed by atoms with van der Waals surface area (Å²) in [4.78, 5) is 26.2. The van der Waals surface area contributed by atoms with Crippen molar-refractivity contribution in [1.29, 1.82) is 0 Å². The van der Waals surface area contributed by atoms with Gasteiger partial charge in [0.1, 0.15) is 6.10 Å². The van der Waals surface area contributed by atoms with Gasteiger partial charge in [0.25, 0.3) is 0 Å². The molecule has 0 aliphatic carbocycles. The summed E-state index contributed by atoms with van der Waals surface area (Å²) in [7, 11) is 0. The van der Waals surface area contributed by atoms with Gasteiger partial charge < -0.3 is 20.3 Å². The van der Waals surface area contributed by atoms with Gasteiger partial charge in [0.05, 0.1) is 25.2 Å². The highest BCUT2D eigenvalue weighted by molar-refractivity contribution is 5.77. The Morgan fingerprint density at radius 1 is 0.446 bits per heavy atom.